The second kappa shape index (κ2) is 7.22. The summed E-state index contributed by atoms with van der Waals surface area (Å²) in [5.74, 6) is 0.0843. The molecule has 108 valence electrons. The highest BCUT2D eigenvalue weighted by Crippen LogP contribution is 2.20. The average Bonchev–Trinajstić information content (AvgIpc) is 2.92. The van der Waals surface area contributed by atoms with E-state index in [1.165, 1.54) is 0 Å². The maximum atomic E-state index is 12.2. The number of allylic oxidation sites excluding steroid dienone is 1. The predicted octanol–water partition coefficient (Wildman–Crippen LogP) is 1.45. The third kappa shape index (κ3) is 3.68. The van der Waals surface area contributed by atoms with Crippen LogP contribution in [0.2, 0.25) is 0 Å². The van der Waals surface area contributed by atoms with Crippen LogP contribution in [0.25, 0.3) is 0 Å². The molecule has 1 aliphatic rings. The fourth-order valence-electron chi connectivity index (χ4n) is 2.55. The molecule has 3 atom stereocenters. The Labute approximate surface area is 120 Å². The molecule has 1 saturated heterocycles. The Morgan fingerprint density at radius 3 is 2.90 bits per heavy atom. The van der Waals surface area contributed by atoms with E-state index in [-0.39, 0.29) is 24.0 Å². The van der Waals surface area contributed by atoms with Crippen LogP contribution in [0.5, 0.6) is 0 Å². The Morgan fingerprint density at radius 1 is 1.50 bits per heavy atom. The first-order valence-corrected chi connectivity index (χ1v) is 6.95. The van der Waals surface area contributed by atoms with Gasteiger partial charge in [0.2, 0.25) is 5.91 Å². The maximum Gasteiger partial charge on any atom is 0.221 e. The van der Waals surface area contributed by atoms with Gasteiger partial charge in [-0.1, -0.05) is 36.4 Å². The summed E-state index contributed by atoms with van der Waals surface area (Å²) in [4.78, 5) is 12.2. The molecule has 1 aromatic rings. The first kappa shape index (κ1) is 14.8. The lowest BCUT2D eigenvalue weighted by molar-refractivity contribution is -0.122. The van der Waals surface area contributed by atoms with E-state index in [0.717, 1.165) is 18.7 Å². The van der Waals surface area contributed by atoms with E-state index in [2.05, 4.69) is 17.2 Å². The summed E-state index contributed by atoms with van der Waals surface area (Å²) >= 11 is 0. The highest BCUT2D eigenvalue weighted by molar-refractivity contribution is 5.77. The molecule has 0 spiro atoms. The maximum absolute atomic E-state index is 12.2. The number of methoxy groups -OCH3 is 1. The van der Waals surface area contributed by atoms with Crippen LogP contribution in [0.1, 0.15) is 17.9 Å². The Hall–Kier alpha value is -1.65. The summed E-state index contributed by atoms with van der Waals surface area (Å²) in [6, 6.07) is 10.0. The average molecular weight is 274 g/mol. The molecule has 4 heteroatoms. The van der Waals surface area contributed by atoms with Crippen LogP contribution < -0.4 is 10.6 Å². The molecule has 1 aromatic carbocycles. The van der Waals surface area contributed by atoms with E-state index in [0.29, 0.717) is 6.42 Å². The Bertz CT molecular complexity index is 447. The summed E-state index contributed by atoms with van der Waals surface area (Å²) in [5, 5.41) is 6.26. The van der Waals surface area contributed by atoms with Gasteiger partial charge >= 0.3 is 0 Å². The van der Waals surface area contributed by atoms with Gasteiger partial charge in [-0.05, 0) is 5.56 Å². The van der Waals surface area contributed by atoms with Crippen molar-refractivity contribution in [1.29, 1.82) is 0 Å². The number of nitrogens with one attached hydrogen (secondary N) is 2. The molecule has 1 heterocycles. The monoisotopic (exact) mass is 274 g/mol. The van der Waals surface area contributed by atoms with E-state index >= 15 is 0 Å². The molecule has 1 aliphatic heterocycles. The minimum absolute atomic E-state index is 0.0366. The lowest BCUT2D eigenvalue weighted by Crippen LogP contribution is -2.43. The van der Waals surface area contributed by atoms with Crippen molar-refractivity contribution in [3.8, 4) is 0 Å². The number of carbonyl (C=O) groups excluding carboxylic acids is 1. The number of amides is 1. The highest BCUT2D eigenvalue weighted by atomic mass is 16.5. The zero-order chi connectivity index (χ0) is 14.4. The van der Waals surface area contributed by atoms with Crippen LogP contribution in [0.15, 0.2) is 43.0 Å². The topological polar surface area (TPSA) is 50.4 Å². The summed E-state index contributed by atoms with van der Waals surface area (Å²) in [5.41, 5.74) is 1.12. The number of hydrogen-bond acceptors (Lipinski definition) is 3. The fourth-order valence-corrected chi connectivity index (χ4v) is 2.55. The van der Waals surface area contributed by atoms with Crippen molar-refractivity contribution in [3.63, 3.8) is 0 Å². The molecule has 0 aliphatic carbocycles. The first-order chi connectivity index (χ1) is 9.74. The van der Waals surface area contributed by atoms with Gasteiger partial charge in [0.25, 0.3) is 0 Å². The van der Waals surface area contributed by atoms with Crippen molar-refractivity contribution in [1.82, 2.24) is 10.6 Å². The zero-order valence-electron chi connectivity index (χ0n) is 11.8. The number of carbonyl (C=O) groups is 1. The molecule has 20 heavy (non-hydrogen) atoms. The van der Waals surface area contributed by atoms with E-state index in [9.17, 15) is 4.79 Å². The van der Waals surface area contributed by atoms with E-state index in [1.54, 1.807) is 7.11 Å². The van der Waals surface area contributed by atoms with Gasteiger partial charge < -0.3 is 15.4 Å². The van der Waals surface area contributed by atoms with E-state index in [4.69, 9.17) is 4.74 Å². The Kier molecular flexibility index (Phi) is 5.32. The molecule has 0 bridgehead atoms. The van der Waals surface area contributed by atoms with Crippen LogP contribution in [0.3, 0.4) is 0 Å². The lowest BCUT2D eigenvalue weighted by atomic mass is 9.95. The highest BCUT2D eigenvalue weighted by Gasteiger charge is 2.28. The van der Waals surface area contributed by atoms with Crippen LogP contribution >= 0.6 is 0 Å². The molecule has 1 fully saturated rings. The Balaban J connectivity index is 1.91. The standard InChI is InChI=1S/C16H22N2O2/c1-3-12(13-7-5-4-6-8-13)9-16(19)18-14-10-17-11-15(14)20-2/h3-8,12,14-15,17H,1,9-11H2,2H3,(H,18,19)/t12?,14?,15-/m0/s1. The van der Waals surface area contributed by atoms with Gasteiger partial charge in [-0.2, -0.15) is 0 Å². The van der Waals surface area contributed by atoms with Crippen molar-refractivity contribution in [2.45, 2.75) is 24.5 Å². The van der Waals surface area contributed by atoms with E-state index in [1.807, 2.05) is 36.4 Å². The molecular weight excluding hydrogens is 252 g/mol. The van der Waals surface area contributed by atoms with Crippen molar-refractivity contribution in [2.24, 2.45) is 0 Å². The van der Waals surface area contributed by atoms with Crippen LogP contribution in [0, 0.1) is 0 Å². The minimum Gasteiger partial charge on any atom is -0.378 e. The normalized spacial score (nSPS) is 23.2. The molecule has 4 nitrogen and oxygen atoms in total. The number of benzene rings is 1. The third-order valence-electron chi connectivity index (χ3n) is 3.73. The first-order valence-electron chi connectivity index (χ1n) is 6.95. The molecular formula is C16H22N2O2. The van der Waals surface area contributed by atoms with Gasteiger partial charge in [0.15, 0.2) is 0 Å². The van der Waals surface area contributed by atoms with Gasteiger partial charge in [0, 0.05) is 32.5 Å². The smallest absolute Gasteiger partial charge is 0.221 e. The molecule has 1 amide bonds. The number of ether oxygens (including phenoxy) is 1. The van der Waals surface area contributed by atoms with Gasteiger partial charge in [-0.25, -0.2) is 0 Å². The van der Waals surface area contributed by atoms with E-state index < -0.39 is 0 Å². The van der Waals surface area contributed by atoms with Crippen LogP contribution in [-0.2, 0) is 9.53 Å². The van der Waals surface area contributed by atoms with Gasteiger partial charge in [0.1, 0.15) is 0 Å². The summed E-state index contributed by atoms with van der Waals surface area (Å²) in [6.45, 7) is 5.38. The lowest BCUT2D eigenvalue weighted by Gasteiger charge is -2.20. The minimum atomic E-state index is 0.0366. The van der Waals surface area contributed by atoms with Crippen LogP contribution in [-0.4, -0.2) is 38.3 Å². The van der Waals surface area contributed by atoms with Gasteiger partial charge in [-0.3, -0.25) is 4.79 Å². The zero-order valence-corrected chi connectivity index (χ0v) is 11.8. The number of rotatable bonds is 6. The SMILES string of the molecule is C=CC(CC(=O)NC1CNC[C@@H]1OC)c1ccccc1. The van der Waals surface area contributed by atoms with Crippen LogP contribution in [0.4, 0.5) is 0 Å². The molecule has 2 unspecified atom stereocenters. The summed E-state index contributed by atoms with van der Waals surface area (Å²) in [7, 11) is 1.67. The van der Waals surface area contributed by atoms with Crippen molar-refractivity contribution < 1.29 is 9.53 Å². The second-order valence-corrected chi connectivity index (χ2v) is 5.06. The largest absolute Gasteiger partial charge is 0.378 e. The van der Waals surface area contributed by atoms with Gasteiger partial charge in [0.05, 0.1) is 12.1 Å². The van der Waals surface area contributed by atoms with Crippen molar-refractivity contribution in [2.75, 3.05) is 20.2 Å². The molecule has 0 aromatic heterocycles. The molecule has 2 rings (SSSR count). The van der Waals surface area contributed by atoms with Crippen molar-refractivity contribution in [3.05, 3.63) is 48.6 Å². The summed E-state index contributed by atoms with van der Waals surface area (Å²) < 4.78 is 5.34. The summed E-state index contributed by atoms with van der Waals surface area (Å²) in [6.07, 6.45) is 2.30. The molecule has 0 saturated carbocycles. The van der Waals surface area contributed by atoms with Gasteiger partial charge in [-0.15, -0.1) is 6.58 Å². The third-order valence-corrected chi connectivity index (χ3v) is 3.73. The van der Waals surface area contributed by atoms with Crippen molar-refractivity contribution >= 4 is 5.91 Å². The number of hydrogen-bond donors (Lipinski definition) is 2. The quantitative estimate of drug-likeness (QED) is 0.772. The predicted molar refractivity (Wildman–Crippen MR) is 79.6 cm³/mol. The fraction of sp³-hybridized carbons (Fsp3) is 0.438. The Morgan fingerprint density at radius 2 is 2.25 bits per heavy atom. The second-order valence-electron chi connectivity index (χ2n) is 5.06. The molecule has 0 radical (unpaired) electrons. The molecule has 2 N–H and O–H groups in total.